The molecule has 27 heavy (non-hydrogen) atoms. The summed E-state index contributed by atoms with van der Waals surface area (Å²) in [6, 6.07) is 18.3. The topological polar surface area (TPSA) is 80.8 Å². The Kier molecular flexibility index (Phi) is 7.63. The Morgan fingerprint density at radius 1 is 1.11 bits per heavy atom. The summed E-state index contributed by atoms with van der Waals surface area (Å²) in [7, 11) is 1.98. The maximum atomic E-state index is 8.89. The smallest absolute Gasteiger partial charge is 0.408 e. The van der Waals surface area contributed by atoms with Crippen LogP contribution in [0.15, 0.2) is 71.0 Å². The number of anilines is 1. The van der Waals surface area contributed by atoms with E-state index in [0.717, 1.165) is 30.0 Å². The van der Waals surface area contributed by atoms with Gasteiger partial charge in [-0.05, 0) is 60.1 Å². The molecule has 0 saturated heterocycles. The van der Waals surface area contributed by atoms with Gasteiger partial charge in [-0.2, -0.15) is 0 Å². The second kappa shape index (κ2) is 10.2. The highest BCUT2D eigenvalue weighted by Crippen LogP contribution is 2.22. The average Bonchev–Trinajstić information content (AvgIpc) is 2.97. The van der Waals surface area contributed by atoms with Crippen LogP contribution in [0.3, 0.4) is 0 Å². The molecule has 0 unspecified atom stereocenters. The molecule has 3 rings (SSSR count). The summed E-state index contributed by atoms with van der Waals surface area (Å²) in [6.45, 7) is 3.85. The first-order valence-electron chi connectivity index (χ1n) is 8.37. The minimum Gasteiger partial charge on any atom is -0.550 e. The van der Waals surface area contributed by atoms with Crippen molar-refractivity contribution in [1.29, 1.82) is 0 Å². The second-order valence-corrected chi connectivity index (χ2v) is 7.03. The number of thiazole rings is 1. The van der Waals surface area contributed by atoms with Crippen molar-refractivity contribution >= 4 is 33.8 Å². The Balaban J connectivity index is 0.000000596. The molecule has 0 fully saturated rings. The summed E-state index contributed by atoms with van der Waals surface area (Å²) in [5.41, 5.74) is 3.18. The minimum absolute atomic E-state index is 0.812. The van der Waals surface area contributed by atoms with Gasteiger partial charge in [-0.15, -0.1) is 0 Å². The lowest BCUT2D eigenvalue weighted by atomic mass is 10.2. The van der Waals surface area contributed by atoms with Crippen molar-refractivity contribution in [2.75, 3.05) is 5.32 Å². The highest BCUT2D eigenvalue weighted by molar-refractivity contribution is 7.14. The first-order chi connectivity index (χ1) is 12.9. The van der Waals surface area contributed by atoms with Crippen LogP contribution < -0.4 is 15.0 Å². The molecule has 1 heterocycles. The summed E-state index contributed by atoms with van der Waals surface area (Å²) < 4.78 is 1.99. The summed E-state index contributed by atoms with van der Waals surface area (Å²) >= 11 is 1.63. The minimum atomic E-state index is -1.08. The van der Waals surface area contributed by atoms with Crippen LogP contribution in [0.2, 0.25) is 0 Å². The molecule has 3 aromatic rings. The lowest BCUT2D eigenvalue weighted by molar-refractivity contribution is -0.654. The monoisotopic (exact) mass is 382 g/mol. The molecule has 0 radical (unpaired) electrons. The Bertz CT molecular complexity index is 886. The van der Waals surface area contributed by atoms with E-state index in [9.17, 15) is 0 Å². The lowest BCUT2D eigenvalue weighted by Crippen LogP contribution is -2.23. The van der Waals surface area contributed by atoms with Gasteiger partial charge in [0.15, 0.2) is 0 Å². The number of carboxylic acid groups (broad SMARTS) is 1. The molecule has 0 amide bonds. The number of nitrogens with one attached hydrogen (secondary N) is 1. The van der Waals surface area contributed by atoms with E-state index in [1.165, 1.54) is 10.4 Å². The molecule has 0 saturated carbocycles. The van der Waals surface area contributed by atoms with E-state index in [1.807, 2.05) is 54.1 Å². The number of rotatable bonds is 5. The van der Waals surface area contributed by atoms with Crippen molar-refractivity contribution in [2.24, 2.45) is 17.3 Å². The van der Waals surface area contributed by atoms with Gasteiger partial charge in [-0.3, -0.25) is 0 Å². The molecule has 2 aromatic carbocycles. The standard InChI is InChI=1S/C18H18N4S.C2H4O2/c1-14-13-22(2)18(23-14)21-20-17-10-8-16(9-11-17)19-12-15-6-4-3-5-7-15;1-2(3)4/h3-11,13H,12H2,1-2H3;1H3,(H,3,4). The maximum Gasteiger partial charge on any atom is 0.408 e. The molecule has 0 spiro atoms. The molecular formula is C20H22N4O2S. The Morgan fingerprint density at radius 3 is 2.30 bits per heavy atom. The number of azo groups is 1. The maximum absolute atomic E-state index is 8.89. The highest BCUT2D eigenvalue weighted by Gasteiger charge is 2.10. The number of benzene rings is 2. The lowest BCUT2D eigenvalue weighted by Gasteiger charge is -2.05. The van der Waals surface area contributed by atoms with E-state index >= 15 is 0 Å². The first-order valence-corrected chi connectivity index (χ1v) is 9.19. The van der Waals surface area contributed by atoms with E-state index in [-0.39, 0.29) is 0 Å². The van der Waals surface area contributed by atoms with Gasteiger partial charge in [0, 0.05) is 23.1 Å². The van der Waals surface area contributed by atoms with Crippen LogP contribution in [0.4, 0.5) is 16.5 Å². The number of carbonyl (C=O) groups excluding carboxylic acids is 1. The van der Waals surface area contributed by atoms with E-state index in [2.05, 4.69) is 40.8 Å². The summed E-state index contributed by atoms with van der Waals surface area (Å²) in [6.07, 6.45) is 2.05. The van der Waals surface area contributed by atoms with Gasteiger partial charge in [-0.1, -0.05) is 30.3 Å². The fraction of sp³-hybridized carbons (Fsp3) is 0.200. The van der Waals surface area contributed by atoms with Crippen molar-refractivity contribution in [1.82, 2.24) is 0 Å². The third-order valence-corrected chi connectivity index (χ3v) is 4.37. The number of carboxylic acids is 1. The van der Waals surface area contributed by atoms with E-state index < -0.39 is 5.97 Å². The van der Waals surface area contributed by atoms with Gasteiger partial charge in [-0.25, -0.2) is 4.57 Å². The Labute approximate surface area is 162 Å². The molecule has 1 aromatic heterocycles. The molecule has 0 aliphatic carbocycles. The van der Waals surface area contributed by atoms with Crippen LogP contribution in [-0.4, -0.2) is 5.97 Å². The van der Waals surface area contributed by atoms with E-state index in [1.54, 1.807) is 11.3 Å². The van der Waals surface area contributed by atoms with Gasteiger partial charge in [0.05, 0.1) is 12.2 Å². The molecule has 0 aliphatic rings. The van der Waals surface area contributed by atoms with E-state index in [0.29, 0.717) is 0 Å². The zero-order valence-electron chi connectivity index (χ0n) is 15.5. The quantitative estimate of drug-likeness (QED) is 0.540. The van der Waals surface area contributed by atoms with Gasteiger partial charge in [0.2, 0.25) is 0 Å². The number of nitrogens with zero attached hydrogens (tertiary/aromatic N) is 3. The van der Waals surface area contributed by atoms with Crippen molar-refractivity contribution < 1.29 is 14.5 Å². The molecule has 1 N–H and O–H groups in total. The van der Waals surface area contributed by atoms with Gasteiger partial charge >= 0.3 is 5.13 Å². The third kappa shape index (κ3) is 7.37. The highest BCUT2D eigenvalue weighted by atomic mass is 32.1. The van der Waals surface area contributed by atoms with Gasteiger partial charge in [0.1, 0.15) is 11.9 Å². The summed E-state index contributed by atoms with van der Waals surface area (Å²) in [4.78, 5) is 10.1. The second-order valence-electron chi connectivity index (χ2n) is 5.81. The number of carbonyl (C=O) groups is 1. The van der Waals surface area contributed by atoms with Crippen LogP contribution in [0.1, 0.15) is 17.4 Å². The third-order valence-electron chi connectivity index (χ3n) is 3.39. The van der Waals surface area contributed by atoms with Crippen LogP contribution in [-0.2, 0) is 18.4 Å². The largest absolute Gasteiger partial charge is 0.550 e. The van der Waals surface area contributed by atoms with Crippen LogP contribution in [0, 0.1) is 6.92 Å². The number of hydrogen-bond donors (Lipinski definition) is 1. The fourth-order valence-corrected chi connectivity index (χ4v) is 2.98. The number of aromatic nitrogens is 1. The number of aryl methyl sites for hydroxylation is 2. The van der Waals surface area contributed by atoms with Gasteiger partial charge in [0.25, 0.3) is 0 Å². The molecule has 6 nitrogen and oxygen atoms in total. The summed E-state index contributed by atoms with van der Waals surface area (Å²) in [5, 5.41) is 21.8. The van der Waals surface area contributed by atoms with Crippen LogP contribution >= 0.6 is 11.3 Å². The van der Waals surface area contributed by atoms with Gasteiger partial charge < -0.3 is 15.2 Å². The van der Waals surface area contributed by atoms with Crippen LogP contribution in [0.5, 0.6) is 0 Å². The van der Waals surface area contributed by atoms with Crippen molar-refractivity contribution in [3.63, 3.8) is 0 Å². The molecular weight excluding hydrogens is 360 g/mol. The first kappa shape index (κ1) is 20.3. The Hall–Kier alpha value is -3.06. The molecule has 7 heteroatoms. The SMILES string of the molecule is CC(=O)[O-].Cc1c[n+](C)c(N=Nc2ccc(NCc3ccccc3)cc2)s1. The zero-order valence-corrected chi connectivity index (χ0v) is 16.4. The number of hydrogen-bond acceptors (Lipinski definition) is 6. The van der Waals surface area contributed by atoms with Crippen molar-refractivity contribution in [3.05, 3.63) is 71.2 Å². The Morgan fingerprint density at radius 2 is 1.74 bits per heavy atom. The number of aliphatic carboxylic acids is 1. The molecule has 0 aliphatic heterocycles. The predicted octanol–water partition coefficient (Wildman–Crippen LogP) is 3.66. The zero-order chi connectivity index (χ0) is 19.6. The molecule has 0 atom stereocenters. The summed E-state index contributed by atoms with van der Waals surface area (Å²) in [5.74, 6) is -1.08. The van der Waals surface area contributed by atoms with E-state index in [4.69, 9.17) is 9.90 Å². The van der Waals surface area contributed by atoms with Crippen molar-refractivity contribution in [2.45, 2.75) is 20.4 Å². The molecule has 0 bridgehead atoms. The average molecular weight is 382 g/mol. The fourth-order valence-electron chi connectivity index (χ4n) is 2.21. The molecule has 140 valence electrons. The predicted molar refractivity (Wildman–Crippen MR) is 105 cm³/mol. The van der Waals surface area contributed by atoms with Crippen molar-refractivity contribution in [3.8, 4) is 0 Å². The normalized spacial score (nSPS) is 10.3. The van der Waals surface area contributed by atoms with Crippen LogP contribution in [0.25, 0.3) is 0 Å².